The van der Waals surface area contributed by atoms with Crippen molar-refractivity contribution >= 4 is 16.9 Å². The number of benzene rings is 2. The van der Waals surface area contributed by atoms with Gasteiger partial charge in [-0.25, -0.2) is 4.98 Å². The number of fused-ring (bicyclic) bond motifs is 1. The molecule has 1 amide bonds. The van der Waals surface area contributed by atoms with E-state index in [-0.39, 0.29) is 24.4 Å². The molecule has 2 atom stereocenters. The van der Waals surface area contributed by atoms with Crippen molar-refractivity contribution in [3.05, 3.63) is 66.0 Å². The Bertz CT molecular complexity index is 824. The predicted octanol–water partition coefficient (Wildman–Crippen LogP) is 3.86. The highest BCUT2D eigenvalue weighted by atomic mass is 16.1. The second-order valence-electron chi connectivity index (χ2n) is 7.11. The fourth-order valence-corrected chi connectivity index (χ4v) is 3.12. The molecule has 0 aliphatic heterocycles. The number of rotatable bonds is 7. The lowest BCUT2D eigenvalue weighted by Gasteiger charge is -2.20. The molecule has 26 heavy (non-hydrogen) atoms. The first-order valence-corrected chi connectivity index (χ1v) is 9.07. The van der Waals surface area contributed by atoms with Crippen molar-refractivity contribution in [1.29, 1.82) is 0 Å². The van der Waals surface area contributed by atoms with E-state index in [2.05, 4.69) is 29.1 Å². The van der Waals surface area contributed by atoms with Crippen LogP contribution in [0.15, 0.2) is 54.6 Å². The molecule has 2 aromatic carbocycles. The minimum atomic E-state index is -0.313. The van der Waals surface area contributed by atoms with E-state index in [0.717, 1.165) is 28.8 Å². The molecule has 0 spiro atoms. The molecule has 0 saturated carbocycles. The van der Waals surface area contributed by atoms with Crippen molar-refractivity contribution < 1.29 is 4.79 Å². The SMILES string of the molecule is CC(C)CC(NC(=O)CC(N)c1ccccc1)c1nc2ccccc2[nH]1. The molecule has 0 radical (unpaired) electrons. The normalized spacial score (nSPS) is 13.7. The summed E-state index contributed by atoms with van der Waals surface area (Å²) in [6, 6.07) is 17.1. The summed E-state index contributed by atoms with van der Waals surface area (Å²) in [6.45, 7) is 4.27. The molecule has 5 heteroatoms. The average molecular weight is 350 g/mol. The van der Waals surface area contributed by atoms with Gasteiger partial charge in [0.05, 0.1) is 17.1 Å². The summed E-state index contributed by atoms with van der Waals surface area (Å²) < 4.78 is 0. The molecule has 0 aliphatic carbocycles. The van der Waals surface area contributed by atoms with Gasteiger partial charge in [-0.1, -0.05) is 56.3 Å². The first-order chi connectivity index (χ1) is 12.5. The number of hydrogen-bond acceptors (Lipinski definition) is 3. The van der Waals surface area contributed by atoms with Crippen LogP contribution in [0.3, 0.4) is 0 Å². The molecule has 3 rings (SSSR count). The molecule has 1 aromatic heterocycles. The fraction of sp³-hybridized carbons (Fsp3) is 0.333. The first-order valence-electron chi connectivity index (χ1n) is 9.07. The molecule has 4 N–H and O–H groups in total. The van der Waals surface area contributed by atoms with Crippen LogP contribution < -0.4 is 11.1 Å². The highest BCUT2D eigenvalue weighted by Gasteiger charge is 2.21. The Hall–Kier alpha value is -2.66. The smallest absolute Gasteiger partial charge is 0.222 e. The standard InChI is InChI=1S/C21H26N4O/c1-14(2)12-19(21-24-17-10-6-7-11-18(17)25-21)23-20(26)13-16(22)15-8-4-3-5-9-15/h3-11,14,16,19H,12-13,22H2,1-2H3,(H,23,26)(H,24,25). The van der Waals surface area contributed by atoms with Gasteiger partial charge in [-0.3, -0.25) is 4.79 Å². The molecule has 136 valence electrons. The predicted molar refractivity (Wildman–Crippen MR) is 104 cm³/mol. The number of carbonyl (C=O) groups is 1. The molecule has 0 fully saturated rings. The lowest BCUT2D eigenvalue weighted by atomic mass is 10.0. The number of aromatic amines is 1. The first kappa shape index (κ1) is 18.1. The van der Waals surface area contributed by atoms with Crippen LogP contribution in [-0.4, -0.2) is 15.9 Å². The molecule has 5 nitrogen and oxygen atoms in total. The number of carbonyl (C=O) groups excluding carboxylic acids is 1. The highest BCUT2D eigenvalue weighted by Crippen LogP contribution is 2.23. The Kier molecular flexibility index (Phi) is 5.68. The average Bonchev–Trinajstić information content (AvgIpc) is 3.05. The van der Waals surface area contributed by atoms with Gasteiger partial charge >= 0.3 is 0 Å². The summed E-state index contributed by atoms with van der Waals surface area (Å²) in [4.78, 5) is 20.6. The Balaban J connectivity index is 1.72. The summed E-state index contributed by atoms with van der Waals surface area (Å²) in [6.07, 6.45) is 1.06. The lowest BCUT2D eigenvalue weighted by Crippen LogP contribution is -2.32. The minimum absolute atomic E-state index is 0.0625. The van der Waals surface area contributed by atoms with Crippen LogP contribution in [0.5, 0.6) is 0 Å². The third-order valence-electron chi connectivity index (χ3n) is 4.41. The molecular formula is C21H26N4O. The van der Waals surface area contributed by atoms with Crippen LogP contribution in [0, 0.1) is 5.92 Å². The topological polar surface area (TPSA) is 83.8 Å². The number of para-hydroxylation sites is 2. The van der Waals surface area contributed by atoms with Crippen LogP contribution in [0.2, 0.25) is 0 Å². The van der Waals surface area contributed by atoms with Gasteiger partial charge in [-0.05, 0) is 30.0 Å². The largest absolute Gasteiger partial charge is 0.346 e. The number of nitrogens with two attached hydrogens (primary N) is 1. The van der Waals surface area contributed by atoms with E-state index in [9.17, 15) is 4.79 Å². The number of H-pyrrole nitrogens is 1. The van der Waals surface area contributed by atoms with Gasteiger partial charge in [-0.2, -0.15) is 0 Å². The summed E-state index contributed by atoms with van der Waals surface area (Å²) in [5.41, 5.74) is 9.04. The Morgan fingerprint density at radius 1 is 1.12 bits per heavy atom. The Labute approximate surface area is 154 Å². The zero-order valence-electron chi connectivity index (χ0n) is 15.3. The zero-order chi connectivity index (χ0) is 18.5. The third kappa shape index (κ3) is 4.49. The van der Waals surface area contributed by atoms with Crippen LogP contribution in [0.25, 0.3) is 11.0 Å². The van der Waals surface area contributed by atoms with E-state index in [1.807, 2.05) is 54.6 Å². The van der Waals surface area contributed by atoms with E-state index in [4.69, 9.17) is 5.73 Å². The van der Waals surface area contributed by atoms with Crippen molar-refractivity contribution in [3.8, 4) is 0 Å². The Morgan fingerprint density at radius 2 is 1.81 bits per heavy atom. The van der Waals surface area contributed by atoms with Crippen molar-refractivity contribution in [2.24, 2.45) is 11.7 Å². The quantitative estimate of drug-likeness (QED) is 0.605. The number of nitrogens with zero attached hydrogens (tertiary/aromatic N) is 1. The molecule has 0 aliphatic rings. The molecular weight excluding hydrogens is 324 g/mol. The molecule has 0 saturated heterocycles. The summed E-state index contributed by atoms with van der Waals surface area (Å²) in [5.74, 6) is 1.16. The number of nitrogens with one attached hydrogen (secondary N) is 2. The van der Waals surface area contributed by atoms with Crippen molar-refractivity contribution in [2.45, 2.75) is 38.8 Å². The number of hydrogen-bond donors (Lipinski definition) is 3. The minimum Gasteiger partial charge on any atom is -0.346 e. The monoisotopic (exact) mass is 350 g/mol. The van der Waals surface area contributed by atoms with Gasteiger partial charge in [0, 0.05) is 12.5 Å². The van der Waals surface area contributed by atoms with E-state index in [1.165, 1.54) is 0 Å². The van der Waals surface area contributed by atoms with Crippen molar-refractivity contribution in [3.63, 3.8) is 0 Å². The highest BCUT2D eigenvalue weighted by molar-refractivity contribution is 5.78. The van der Waals surface area contributed by atoms with Gasteiger partial charge in [0.25, 0.3) is 0 Å². The number of imidazole rings is 1. The maximum atomic E-state index is 12.6. The maximum absolute atomic E-state index is 12.6. The molecule has 1 heterocycles. The summed E-state index contributed by atoms with van der Waals surface area (Å²) in [7, 11) is 0. The number of aromatic nitrogens is 2. The maximum Gasteiger partial charge on any atom is 0.222 e. The van der Waals surface area contributed by atoms with Gasteiger partial charge in [-0.15, -0.1) is 0 Å². The molecule has 2 unspecified atom stereocenters. The van der Waals surface area contributed by atoms with E-state index in [0.29, 0.717) is 5.92 Å². The lowest BCUT2D eigenvalue weighted by molar-refractivity contribution is -0.122. The van der Waals surface area contributed by atoms with Crippen LogP contribution in [-0.2, 0) is 4.79 Å². The molecule has 3 aromatic rings. The van der Waals surface area contributed by atoms with E-state index < -0.39 is 0 Å². The fourth-order valence-electron chi connectivity index (χ4n) is 3.12. The van der Waals surface area contributed by atoms with Gasteiger partial charge in [0.1, 0.15) is 5.82 Å². The second kappa shape index (κ2) is 8.15. The van der Waals surface area contributed by atoms with Gasteiger partial charge < -0.3 is 16.0 Å². The van der Waals surface area contributed by atoms with Crippen molar-refractivity contribution in [2.75, 3.05) is 0 Å². The van der Waals surface area contributed by atoms with Crippen LogP contribution in [0.1, 0.15) is 50.2 Å². The van der Waals surface area contributed by atoms with E-state index in [1.54, 1.807) is 0 Å². The van der Waals surface area contributed by atoms with Gasteiger partial charge in [0.2, 0.25) is 5.91 Å². The Morgan fingerprint density at radius 3 is 2.50 bits per heavy atom. The second-order valence-corrected chi connectivity index (χ2v) is 7.11. The summed E-state index contributed by atoms with van der Waals surface area (Å²) in [5, 5.41) is 3.11. The van der Waals surface area contributed by atoms with Gasteiger partial charge in [0.15, 0.2) is 0 Å². The third-order valence-corrected chi connectivity index (χ3v) is 4.41. The van der Waals surface area contributed by atoms with Crippen molar-refractivity contribution in [1.82, 2.24) is 15.3 Å². The van der Waals surface area contributed by atoms with E-state index >= 15 is 0 Å². The number of amides is 1. The summed E-state index contributed by atoms with van der Waals surface area (Å²) >= 11 is 0. The zero-order valence-corrected chi connectivity index (χ0v) is 15.3. The van der Waals surface area contributed by atoms with Crippen LogP contribution in [0.4, 0.5) is 0 Å². The van der Waals surface area contributed by atoms with Crippen LogP contribution >= 0.6 is 0 Å². The molecule has 0 bridgehead atoms.